The van der Waals surface area contributed by atoms with Gasteiger partial charge in [0.05, 0.1) is 5.75 Å². The second kappa shape index (κ2) is 8.97. The predicted octanol–water partition coefficient (Wildman–Crippen LogP) is 1.79. The average Bonchev–Trinajstić information content (AvgIpc) is 3.02. The summed E-state index contributed by atoms with van der Waals surface area (Å²) in [6, 6.07) is 5.72. The first kappa shape index (κ1) is 18.7. The Bertz CT molecular complexity index is 679. The molecule has 0 spiro atoms. The van der Waals surface area contributed by atoms with Gasteiger partial charge in [-0.3, -0.25) is 9.54 Å². The van der Waals surface area contributed by atoms with E-state index in [0.717, 1.165) is 11.5 Å². The third-order valence-electron chi connectivity index (χ3n) is 3.12. The van der Waals surface area contributed by atoms with Gasteiger partial charge in [-0.05, 0) is 19.2 Å². The van der Waals surface area contributed by atoms with Crippen LogP contribution in [0.15, 0.2) is 41.4 Å². The highest BCUT2D eigenvalue weighted by atomic mass is 32.2. The van der Waals surface area contributed by atoms with Crippen LogP contribution in [0.25, 0.3) is 0 Å². The Balaban J connectivity index is 0.000000292. The molecule has 0 fully saturated rings. The molecule has 1 unspecified atom stereocenters. The molecule has 2 aromatic heterocycles. The van der Waals surface area contributed by atoms with Gasteiger partial charge in [0.15, 0.2) is 11.5 Å². The van der Waals surface area contributed by atoms with Gasteiger partial charge < -0.3 is 14.4 Å². The lowest BCUT2D eigenvalue weighted by Gasteiger charge is -2.28. The van der Waals surface area contributed by atoms with E-state index in [-0.39, 0.29) is 18.4 Å². The Morgan fingerprint density at radius 2 is 2.00 bits per heavy atom. The molecule has 0 saturated carbocycles. The lowest BCUT2D eigenvalue weighted by atomic mass is 10.3. The molecule has 0 aliphatic carbocycles. The van der Waals surface area contributed by atoms with E-state index >= 15 is 0 Å². The summed E-state index contributed by atoms with van der Waals surface area (Å²) in [5.41, 5.74) is 0. The number of fused-ring (bicyclic) bond motifs is 1. The third kappa shape index (κ3) is 6.83. The summed E-state index contributed by atoms with van der Waals surface area (Å²) in [4.78, 5) is 5.58. The van der Waals surface area contributed by atoms with Crippen LogP contribution in [0.1, 0.15) is 0 Å². The van der Waals surface area contributed by atoms with Gasteiger partial charge in [0, 0.05) is 36.2 Å². The molecule has 2 aromatic rings. The summed E-state index contributed by atoms with van der Waals surface area (Å²) < 4.78 is 41.1. The Morgan fingerprint density at radius 3 is 2.58 bits per heavy atom. The van der Waals surface area contributed by atoms with Gasteiger partial charge in [-0.15, -0.1) is 11.3 Å². The van der Waals surface area contributed by atoms with Crippen molar-refractivity contribution in [2.75, 3.05) is 32.5 Å². The highest BCUT2D eigenvalue weighted by Crippen LogP contribution is 2.35. The van der Waals surface area contributed by atoms with Crippen LogP contribution in [-0.4, -0.2) is 61.5 Å². The van der Waals surface area contributed by atoms with E-state index < -0.39 is 10.1 Å². The first-order valence-electron chi connectivity index (χ1n) is 7.28. The molecule has 0 saturated heterocycles. The van der Waals surface area contributed by atoms with Crippen molar-refractivity contribution in [2.24, 2.45) is 0 Å². The normalized spacial score (nSPS) is 16.4. The average molecular weight is 372 g/mol. The van der Waals surface area contributed by atoms with Crippen LogP contribution in [0.3, 0.4) is 0 Å². The number of aromatic nitrogens is 1. The largest absolute Gasteiger partial charge is 0.485 e. The maximum atomic E-state index is 10.6. The maximum Gasteiger partial charge on any atom is 0.266 e. The number of hydrogen-bond acceptors (Lipinski definition) is 7. The van der Waals surface area contributed by atoms with Gasteiger partial charge in [-0.1, -0.05) is 6.07 Å². The SMILES string of the molecule is CN(CCS(=O)(=O)O)CC1COc2cscc2O1.c1ccncc1. The van der Waals surface area contributed by atoms with E-state index in [9.17, 15) is 8.42 Å². The molecule has 1 aliphatic heterocycles. The minimum atomic E-state index is -3.91. The molecule has 0 radical (unpaired) electrons. The minimum Gasteiger partial charge on any atom is -0.485 e. The fourth-order valence-electron chi connectivity index (χ4n) is 1.97. The van der Waals surface area contributed by atoms with Gasteiger partial charge in [-0.2, -0.15) is 8.42 Å². The van der Waals surface area contributed by atoms with E-state index in [0.29, 0.717) is 13.2 Å². The summed E-state index contributed by atoms with van der Waals surface area (Å²) >= 11 is 1.51. The molecule has 132 valence electrons. The highest BCUT2D eigenvalue weighted by molar-refractivity contribution is 7.85. The number of nitrogens with zero attached hydrogens (tertiary/aromatic N) is 2. The summed E-state index contributed by atoms with van der Waals surface area (Å²) in [6.45, 7) is 1.25. The summed E-state index contributed by atoms with van der Waals surface area (Å²) in [7, 11) is -2.14. The molecule has 0 aromatic carbocycles. The Hall–Kier alpha value is -1.68. The topological polar surface area (TPSA) is 89.0 Å². The van der Waals surface area contributed by atoms with E-state index in [1.807, 2.05) is 29.0 Å². The lowest BCUT2D eigenvalue weighted by Crippen LogP contribution is -2.40. The molecule has 1 aliphatic rings. The van der Waals surface area contributed by atoms with Crippen LogP contribution in [0, 0.1) is 0 Å². The van der Waals surface area contributed by atoms with Crippen LogP contribution in [-0.2, 0) is 10.1 Å². The number of hydrogen-bond donors (Lipinski definition) is 1. The molecular weight excluding hydrogens is 352 g/mol. The molecule has 24 heavy (non-hydrogen) atoms. The second-order valence-corrected chi connectivity index (χ2v) is 7.54. The van der Waals surface area contributed by atoms with Crippen molar-refractivity contribution < 1.29 is 22.4 Å². The molecule has 1 N–H and O–H groups in total. The lowest BCUT2D eigenvalue weighted by molar-refractivity contribution is 0.0679. The second-order valence-electron chi connectivity index (χ2n) is 5.22. The number of thiophene rings is 1. The van der Waals surface area contributed by atoms with Gasteiger partial charge in [-0.25, -0.2) is 0 Å². The Morgan fingerprint density at radius 1 is 1.29 bits per heavy atom. The van der Waals surface area contributed by atoms with Crippen LogP contribution >= 0.6 is 11.3 Å². The predicted molar refractivity (Wildman–Crippen MR) is 92.4 cm³/mol. The third-order valence-corrected chi connectivity index (χ3v) is 4.52. The standard InChI is InChI=1S/C10H15NO5S2.C5H5N/c1-11(2-3-18(12,13)14)4-8-5-15-9-6-17-7-10(9)16-8;1-2-4-6-5-3-1/h6-8H,2-5H2,1H3,(H,12,13,14);1-5H. The molecule has 0 bridgehead atoms. The Kier molecular flexibility index (Phi) is 6.98. The van der Waals surface area contributed by atoms with Gasteiger partial charge >= 0.3 is 0 Å². The van der Waals surface area contributed by atoms with Crippen molar-refractivity contribution in [1.82, 2.24) is 9.88 Å². The number of likely N-dealkylation sites (N-methyl/N-ethyl adjacent to an activating group) is 1. The van der Waals surface area contributed by atoms with Crippen molar-refractivity contribution in [3.8, 4) is 11.5 Å². The monoisotopic (exact) mass is 372 g/mol. The van der Waals surface area contributed by atoms with Crippen molar-refractivity contribution in [2.45, 2.75) is 6.10 Å². The molecule has 0 amide bonds. The fourth-order valence-corrected chi connectivity index (χ4v) is 3.19. The zero-order valence-corrected chi connectivity index (χ0v) is 14.9. The first-order chi connectivity index (χ1) is 11.4. The highest BCUT2D eigenvalue weighted by Gasteiger charge is 2.23. The maximum absolute atomic E-state index is 10.6. The van der Waals surface area contributed by atoms with Crippen molar-refractivity contribution in [1.29, 1.82) is 0 Å². The van der Waals surface area contributed by atoms with E-state index in [1.165, 1.54) is 11.3 Å². The number of pyridine rings is 1. The van der Waals surface area contributed by atoms with Crippen molar-refractivity contribution in [3.05, 3.63) is 41.4 Å². The molecule has 7 nitrogen and oxygen atoms in total. The van der Waals surface area contributed by atoms with E-state index in [2.05, 4.69) is 4.98 Å². The fraction of sp³-hybridized carbons (Fsp3) is 0.400. The zero-order chi connectivity index (χ0) is 17.4. The molecule has 3 heterocycles. The zero-order valence-electron chi connectivity index (χ0n) is 13.2. The number of ether oxygens (including phenoxy) is 2. The Labute approximate surface area is 145 Å². The molecular formula is C15H20N2O5S2. The van der Waals surface area contributed by atoms with Crippen LogP contribution in [0.2, 0.25) is 0 Å². The quantitative estimate of drug-likeness (QED) is 0.800. The van der Waals surface area contributed by atoms with Crippen LogP contribution in [0.4, 0.5) is 0 Å². The van der Waals surface area contributed by atoms with Gasteiger partial charge in [0.1, 0.15) is 12.7 Å². The number of rotatable bonds is 5. The van der Waals surface area contributed by atoms with Gasteiger partial charge in [0.2, 0.25) is 0 Å². The minimum absolute atomic E-state index is 0.126. The van der Waals surface area contributed by atoms with Crippen LogP contribution < -0.4 is 9.47 Å². The molecule has 3 rings (SSSR count). The summed E-state index contributed by atoms with van der Waals surface area (Å²) in [6.07, 6.45) is 3.37. The van der Waals surface area contributed by atoms with E-state index in [1.54, 1.807) is 24.3 Å². The molecule has 1 atom stereocenters. The van der Waals surface area contributed by atoms with Crippen molar-refractivity contribution >= 4 is 21.5 Å². The van der Waals surface area contributed by atoms with Gasteiger partial charge in [0.25, 0.3) is 10.1 Å². The molecule has 9 heteroatoms. The summed E-state index contributed by atoms with van der Waals surface area (Å²) in [5.74, 6) is 1.22. The first-order valence-corrected chi connectivity index (χ1v) is 9.83. The van der Waals surface area contributed by atoms with Crippen LogP contribution in [0.5, 0.6) is 11.5 Å². The smallest absolute Gasteiger partial charge is 0.266 e. The van der Waals surface area contributed by atoms with E-state index in [4.69, 9.17) is 14.0 Å². The summed E-state index contributed by atoms with van der Waals surface area (Å²) in [5, 5.41) is 3.76. The van der Waals surface area contributed by atoms with Crippen molar-refractivity contribution in [3.63, 3.8) is 0 Å².